The van der Waals surface area contributed by atoms with Gasteiger partial charge in [0.05, 0.1) is 10.9 Å². The Kier molecular flexibility index (Phi) is 4.99. The number of hydrogen-bond donors (Lipinski definition) is 1. The van der Waals surface area contributed by atoms with Crippen LogP contribution in [0.25, 0.3) is 0 Å². The lowest BCUT2D eigenvalue weighted by molar-refractivity contribution is -0.132. The highest BCUT2D eigenvalue weighted by atomic mass is 32.2. The van der Waals surface area contributed by atoms with Crippen molar-refractivity contribution in [1.29, 1.82) is 0 Å². The van der Waals surface area contributed by atoms with Crippen molar-refractivity contribution < 1.29 is 13.2 Å². The van der Waals surface area contributed by atoms with E-state index in [1.807, 2.05) is 4.90 Å². The quantitative estimate of drug-likeness (QED) is 0.880. The zero-order valence-corrected chi connectivity index (χ0v) is 14.0. The molecule has 23 heavy (non-hydrogen) atoms. The molecule has 2 aliphatic rings. The largest absolute Gasteiger partial charge is 0.340 e. The summed E-state index contributed by atoms with van der Waals surface area (Å²) in [6.45, 7) is 2.79. The fourth-order valence-electron chi connectivity index (χ4n) is 3.21. The Morgan fingerprint density at radius 1 is 1.04 bits per heavy atom. The van der Waals surface area contributed by atoms with Gasteiger partial charge in [0.1, 0.15) is 0 Å². The number of carbonyl (C=O) groups is 1. The van der Waals surface area contributed by atoms with Crippen molar-refractivity contribution in [2.24, 2.45) is 0 Å². The van der Waals surface area contributed by atoms with E-state index in [1.165, 1.54) is 4.31 Å². The molecule has 1 aromatic carbocycles. The lowest BCUT2D eigenvalue weighted by atomic mass is 10.2. The van der Waals surface area contributed by atoms with Crippen molar-refractivity contribution in [1.82, 2.24) is 14.5 Å². The number of carbonyl (C=O) groups excluding carboxylic acids is 1. The first-order valence-corrected chi connectivity index (χ1v) is 9.60. The van der Waals surface area contributed by atoms with Gasteiger partial charge < -0.3 is 10.2 Å². The summed E-state index contributed by atoms with van der Waals surface area (Å²) in [5.41, 5.74) is 0. The fourth-order valence-corrected chi connectivity index (χ4v) is 4.70. The van der Waals surface area contributed by atoms with Crippen LogP contribution in [0.4, 0.5) is 0 Å². The van der Waals surface area contributed by atoms with Gasteiger partial charge in [-0.2, -0.15) is 4.31 Å². The second-order valence-electron chi connectivity index (χ2n) is 6.04. The normalized spacial score (nSPS) is 23.7. The van der Waals surface area contributed by atoms with Crippen LogP contribution in [0.15, 0.2) is 35.2 Å². The van der Waals surface area contributed by atoms with Crippen molar-refractivity contribution in [2.75, 3.05) is 32.7 Å². The Labute approximate surface area is 137 Å². The standard InChI is InChI=1S/C16H23N3O3S/c20-16(15-8-4-9-17-15)18-10-5-11-19(13-12-18)23(21,22)14-6-2-1-3-7-14/h1-3,6-7,15,17H,4-5,8-13H2. The Morgan fingerprint density at radius 2 is 1.83 bits per heavy atom. The van der Waals surface area contributed by atoms with E-state index in [4.69, 9.17) is 0 Å². The van der Waals surface area contributed by atoms with E-state index in [1.54, 1.807) is 30.3 Å². The molecule has 2 heterocycles. The molecule has 126 valence electrons. The van der Waals surface area contributed by atoms with Gasteiger partial charge in [-0.3, -0.25) is 4.79 Å². The average Bonchev–Trinajstić information content (AvgIpc) is 2.99. The number of nitrogens with zero attached hydrogens (tertiary/aromatic N) is 2. The summed E-state index contributed by atoms with van der Waals surface area (Å²) in [5.74, 6) is 0.112. The van der Waals surface area contributed by atoms with Gasteiger partial charge in [-0.1, -0.05) is 18.2 Å². The zero-order valence-electron chi connectivity index (χ0n) is 13.1. The summed E-state index contributed by atoms with van der Waals surface area (Å²) in [5, 5.41) is 3.22. The van der Waals surface area contributed by atoms with Crippen LogP contribution in [0, 0.1) is 0 Å². The molecule has 0 aromatic heterocycles. The Hall–Kier alpha value is -1.44. The van der Waals surface area contributed by atoms with Crippen LogP contribution in [0.1, 0.15) is 19.3 Å². The molecular formula is C16H23N3O3S. The number of sulfonamides is 1. The first kappa shape index (κ1) is 16.4. The molecule has 6 nitrogen and oxygen atoms in total. The summed E-state index contributed by atoms with van der Waals surface area (Å²) in [4.78, 5) is 14.6. The third kappa shape index (κ3) is 3.57. The molecule has 2 saturated heterocycles. The maximum absolute atomic E-state index is 12.7. The van der Waals surface area contributed by atoms with Crippen LogP contribution in [-0.4, -0.2) is 62.3 Å². The molecule has 1 atom stereocenters. The van der Waals surface area contributed by atoms with E-state index in [-0.39, 0.29) is 11.9 Å². The van der Waals surface area contributed by atoms with Crippen LogP contribution in [-0.2, 0) is 14.8 Å². The molecule has 2 fully saturated rings. The predicted molar refractivity (Wildman–Crippen MR) is 87.4 cm³/mol. The first-order valence-electron chi connectivity index (χ1n) is 8.16. The third-order valence-corrected chi connectivity index (χ3v) is 6.42. The van der Waals surface area contributed by atoms with E-state index >= 15 is 0 Å². The van der Waals surface area contributed by atoms with Crippen molar-refractivity contribution in [3.05, 3.63) is 30.3 Å². The Morgan fingerprint density at radius 3 is 2.52 bits per heavy atom. The van der Waals surface area contributed by atoms with E-state index < -0.39 is 10.0 Å². The van der Waals surface area contributed by atoms with Crippen LogP contribution in [0.2, 0.25) is 0 Å². The number of rotatable bonds is 3. The molecule has 1 amide bonds. The Balaban J connectivity index is 1.67. The molecule has 0 radical (unpaired) electrons. The highest BCUT2D eigenvalue weighted by Gasteiger charge is 2.31. The van der Waals surface area contributed by atoms with Gasteiger partial charge in [-0.25, -0.2) is 8.42 Å². The van der Waals surface area contributed by atoms with Crippen molar-refractivity contribution in [2.45, 2.75) is 30.2 Å². The van der Waals surface area contributed by atoms with Gasteiger partial charge in [0.25, 0.3) is 0 Å². The summed E-state index contributed by atoms with van der Waals surface area (Å²) >= 11 is 0. The van der Waals surface area contributed by atoms with Crippen molar-refractivity contribution in [3.8, 4) is 0 Å². The third-order valence-electron chi connectivity index (χ3n) is 4.51. The molecular weight excluding hydrogens is 314 g/mol. The second-order valence-corrected chi connectivity index (χ2v) is 7.98. The summed E-state index contributed by atoms with van der Waals surface area (Å²) in [7, 11) is -3.47. The molecule has 0 aliphatic carbocycles. The zero-order chi connectivity index (χ0) is 16.3. The smallest absolute Gasteiger partial charge is 0.243 e. The van der Waals surface area contributed by atoms with Crippen LogP contribution in [0.3, 0.4) is 0 Å². The minimum atomic E-state index is -3.47. The van der Waals surface area contributed by atoms with E-state index in [2.05, 4.69) is 5.32 Å². The van der Waals surface area contributed by atoms with Crippen LogP contribution in [0.5, 0.6) is 0 Å². The predicted octanol–water partition coefficient (Wildman–Crippen LogP) is 0.662. The van der Waals surface area contributed by atoms with Gasteiger partial charge in [0.15, 0.2) is 0 Å². The SMILES string of the molecule is O=C(C1CCCN1)N1CCCN(S(=O)(=O)c2ccccc2)CC1. The van der Waals surface area contributed by atoms with E-state index in [9.17, 15) is 13.2 Å². The maximum Gasteiger partial charge on any atom is 0.243 e. The molecule has 1 N–H and O–H groups in total. The van der Waals surface area contributed by atoms with Crippen LogP contribution < -0.4 is 5.32 Å². The van der Waals surface area contributed by atoms with Gasteiger partial charge in [-0.15, -0.1) is 0 Å². The van der Waals surface area contributed by atoms with Gasteiger partial charge in [0, 0.05) is 26.2 Å². The lowest BCUT2D eigenvalue weighted by Crippen LogP contribution is -2.45. The molecule has 0 saturated carbocycles. The van der Waals surface area contributed by atoms with Crippen molar-refractivity contribution in [3.63, 3.8) is 0 Å². The lowest BCUT2D eigenvalue weighted by Gasteiger charge is -2.24. The molecule has 3 rings (SSSR count). The number of benzene rings is 1. The number of amides is 1. The average molecular weight is 337 g/mol. The molecule has 1 aromatic rings. The minimum absolute atomic E-state index is 0.0905. The van der Waals surface area contributed by atoms with E-state index in [0.717, 1.165) is 19.4 Å². The highest BCUT2D eigenvalue weighted by molar-refractivity contribution is 7.89. The maximum atomic E-state index is 12.7. The summed E-state index contributed by atoms with van der Waals surface area (Å²) in [6, 6.07) is 8.40. The Bertz CT molecular complexity index is 642. The van der Waals surface area contributed by atoms with Gasteiger partial charge in [-0.05, 0) is 37.9 Å². The van der Waals surface area contributed by atoms with Crippen molar-refractivity contribution >= 4 is 15.9 Å². The fraction of sp³-hybridized carbons (Fsp3) is 0.562. The molecule has 0 bridgehead atoms. The topological polar surface area (TPSA) is 69.7 Å². The molecule has 1 unspecified atom stereocenters. The minimum Gasteiger partial charge on any atom is -0.340 e. The molecule has 7 heteroatoms. The molecule has 0 spiro atoms. The summed E-state index contributed by atoms with van der Waals surface area (Å²) in [6.07, 6.45) is 2.57. The van der Waals surface area contributed by atoms with E-state index in [0.29, 0.717) is 37.5 Å². The van der Waals surface area contributed by atoms with Gasteiger partial charge in [0.2, 0.25) is 15.9 Å². The number of nitrogens with one attached hydrogen (secondary N) is 1. The monoisotopic (exact) mass is 337 g/mol. The summed E-state index contributed by atoms with van der Waals surface area (Å²) < 4.78 is 26.9. The van der Waals surface area contributed by atoms with Gasteiger partial charge >= 0.3 is 0 Å². The first-order chi connectivity index (χ1) is 11.1. The van der Waals surface area contributed by atoms with Crippen LogP contribution >= 0.6 is 0 Å². The molecule has 2 aliphatic heterocycles. The second kappa shape index (κ2) is 6.98. The highest BCUT2D eigenvalue weighted by Crippen LogP contribution is 2.18. The number of hydrogen-bond acceptors (Lipinski definition) is 4.